The molecule has 0 aromatic carbocycles. The Labute approximate surface area is 82.9 Å². The maximum atomic E-state index is 12.0. The molecule has 0 saturated heterocycles. The average Bonchev–Trinajstić information content (AvgIpc) is 2.47. The highest BCUT2D eigenvalue weighted by molar-refractivity contribution is 5.03. The second kappa shape index (κ2) is 5.08. The van der Waals surface area contributed by atoms with Crippen LogP contribution in [0.1, 0.15) is 25.8 Å². The van der Waals surface area contributed by atoms with E-state index < -0.39 is 6.43 Å². The highest BCUT2D eigenvalue weighted by Gasteiger charge is 2.05. The van der Waals surface area contributed by atoms with Crippen LogP contribution in [0.3, 0.4) is 0 Å². The Morgan fingerprint density at radius 3 is 2.71 bits per heavy atom. The summed E-state index contributed by atoms with van der Waals surface area (Å²) in [5, 5.41) is 3.87. The van der Waals surface area contributed by atoms with Gasteiger partial charge in [0.2, 0.25) is 0 Å². The van der Waals surface area contributed by atoms with E-state index >= 15 is 0 Å². The Morgan fingerprint density at radius 1 is 1.43 bits per heavy atom. The predicted molar refractivity (Wildman–Crippen MR) is 51.4 cm³/mol. The second-order valence-electron chi connectivity index (χ2n) is 3.89. The summed E-state index contributed by atoms with van der Waals surface area (Å²) in [6, 6.07) is 0. The topological polar surface area (TPSA) is 17.8 Å². The van der Waals surface area contributed by atoms with Crippen LogP contribution in [0.2, 0.25) is 0 Å². The van der Waals surface area contributed by atoms with Gasteiger partial charge in [-0.15, -0.1) is 0 Å². The minimum atomic E-state index is -2.33. The first-order valence-corrected chi connectivity index (χ1v) is 4.87. The zero-order chi connectivity index (χ0) is 10.6. The second-order valence-corrected chi connectivity index (χ2v) is 3.89. The van der Waals surface area contributed by atoms with Crippen LogP contribution in [-0.2, 0) is 13.0 Å². The van der Waals surface area contributed by atoms with E-state index in [4.69, 9.17) is 0 Å². The Balaban J connectivity index is 2.42. The van der Waals surface area contributed by atoms with E-state index in [-0.39, 0.29) is 6.54 Å². The normalized spacial score (nSPS) is 11.6. The van der Waals surface area contributed by atoms with Crippen molar-refractivity contribution in [3.05, 3.63) is 18.0 Å². The molecule has 1 aromatic heterocycles. The van der Waals surface area contributed by atoms with Crippen LogP contribution in [-0.4, -0.2) is 16.2 Å². The summed E-state index contributed by atoms with van der Waals surface area (Å²) in [5.74, 6) is 0.633. The molecule has 1 heterocycles. The lowest BCUT2D eigenvalue weighted by atomic mass is 10.1. The first-order chi connectivity index (χ1) is 6.58. The van der Waals surface area contributed by atoms with Gasteiger partial charge in [-0.05, 0) is 24.3 Å². The Bertz CT molecular complexity index is 269. The summed E-state index contributed by atoms with van der Waals surface area (Å²) in [6.45, 7) is 3.98. The van der Waals surface area contributed by atoms with Gasteiger partial charge in [0.15, 0.2) is 0 Å². The van der Waals surface area contributed by atoms with Gasteiger partial charge in [-0.2, -0.15) is 5.10 Å². The minimum absolute atomic E-state index is 0.304. The highest BCUT2D eigenvalue weighted by Crippen LogP contribution is 2.08. The lowest BCUT2D eigenvalue weighted by Gasteiger charge is -2.01. The number of hydrogen-bond acceptors (Lipinski definition) is 1. The summed E-state index contributed by atoms with van der Waals surface area (Å²) < 4.78 is 25.3. The molecule has 0 spiro atoms. The fourth-order valence-corrected chi connectivity index (χ4v) is 1.23. The van der Waals surface area contributed by atoms with Gasteiger partial charge in [0.25, 0.3) is 6.43 Å². The van der Waals surface area contributed by atoms with Gasteiger partial charge < -0.3 is 0 Å². The number of aromatic nitrogens is 2. The predicted octanol–water partition coefficient (Wildman–Crippen LogP) is 2.74. The first-order valence-electron chi connectivity index (χ1n) is 4.87. The molecule has 0 radical (unpaired) electrons. The molecule has 0 amide bonds. The zero-order valence-electron chi connectivity index (χ0n) is 8.58. The Kier molecular flexibility index (Phi) is 4.04. The molecule has 80 valence electrons. The van der Waals surface area contributed by atoms with E-state index in [0.29, 0.717) is 5.92 Å². The molecule has 0 unspecified atom stereocenters. The van der Waals surface area contributed by atoms with Gasteiger partial charge in [0.05, 0.1) is 6.20 Å². The smallest absolute Gasteiger partial charge is 0.257 e. The van der Waals surface area contributed by atoms with Crippen molar-refractivity contribution in [1.29, 1.82) is 0 Å². The third-order valence-electron chi connectivity index (χ3n) is 2.02. The van der Waals surface area contributed by atoms with Crippen LogP contribution in [0.5, 0.6) is 0 Å². The molecule has 1 aromatic rings. The fraction of sp³-hybridized carbons (Fsp3) is 0.700. The van der Waals surface area contributed by atoms with E-state index in [9.17, 15) is 8.78 Å². The molecule has 4 heteroatoms. The van der Waals surface area contributed by atoms with Gasteiger partial charge in [-0.1, -0.05) is 13.8 Å². The summed E-state index contributed by atoms with van der Waals surface area (Å²) in [5.41, 5.74) is 1.04. The molecule has 0 saturated carbocycles. The van der Waals surface area contributed by atoms with Crippen molar-refractivity contribution in [3.63, 3.8) is 0 Å². The number of hydrogen-bond donors (Lipinski definition) is 0. The van der Waals surface area contributed by atoms with Crippen LogP contribution < -0.4 is 0 Å². The summed E-state index contributed by atoms with van der Waals surface area (Å²) >= 11 is 0. The number of alkyl halides is 2. The Morgan fingerprint density at radius 2 is 2.14 bits per heavy atom. The number of halogens is 2. The van der Waals surface area contributed by atoms with E-state index in [1.165, 1.54) is 4.68 Å². The van der Waals surface area contributed by atoms with Gasteiger partial charge in [-0.25, -0.2) is 8.78 Å². The van der Waals surface area contributed by atoms with Crippen LogP contribution in [0.25, 0.3) is 0 Å². The lowest BCUT2D eigenvalue weighted by molar-refractivity contribution is 0.122. The van der Waals surface area contributed by atoms with E-state index in [1.54, 1.807) is 12.4 Å². The molecule has 0 atom stereocenters. The molecule has 0 fully saturated rings. The molecule has 1 rings (SSSR count). The summed E-state index contributed by atoms with van der Waals surface area (Å²) in [7, 11) is 0. The monoisotopic (exact) mass is 202 g/mol. The Hall–Kier alpha value is -0.930. The molecule has 0 aliphatic rings. The fourth-order valence-electron chi connectivity index (χ4n) is 1.23. The molecular formula is C10H16F2N2. The van der Waals surface area contributed by atoms with E-state index in [1.807, 2.05) is 0 Å². The average molecular weight is 202 g/mol. The maximum absolute atomic E-state index is 12.0. The molecule has 0 aliphatic heterocycles. The van der Waals surface area contributed by atoms with Gasteiger partial charge in [0.1, 0.15) is 6.54 Å². The van der Waals surface area contributed by atoms with Crippen molar-refractivity contribution in [1.82, 2.24) is 9.78 Å². The van der Waals surface area contributed by atoms with Crippen molar-refractivity contribution in [2.24, 2.45) is 5.92 Å². The van der Waals surface area contributed by atoms with E-state index in [0.717, 1.165) is 18.4 Å². The molecule has 2 nitrogen and oxygen atoms in total. The molecule has 0 bridgehead atoms. The molecule has 0 N–H and O–H groups in total. The molecule has 14 heavy (non-hydrogen) atoms. The summed E-state index contributed by atoms with van der Waals surface area (Å²) in [6.07, 6.45) is 3.04. The zero-order valence-corrected chi connectivity index (χ0v) is 8.58. The maximum Gasteiger partial charge on any atom is 0.257 e. The SMILES string of the molecule is CC(C)CCc1cnn(CC(F)F)c1. The minimum Gasteiger partial charge on any atom is -0.267 e. The van der Waals surface area contributed by atoms with Crippen molar-refractivity contribution in [2.75, 3.05) is 0 Å². The highest BCUT2D eigenvalue weighted by atomic mass is 19.3. The lowest BCUT2D eigenvalue weighted by Crippen LogP contribution is -2.06. The van der Waals surface area contributed by atoms with Crippen molar-refractivity contribution in [2.45, 2.75) is 39.7 Å². The van der Waals surface area contributed by atoms with Gasteiger partial charge in [0, 0.05) is 6.20 Å². The van der Waals surface area contributed by atoms with Crippen LogP contribution in [0.4, 0.5) is 8.78 Å². The van der Waals surface area contributed by atoms with E-state index in [2.05, 4.69) is 18.9 Å². The molecule has 0 aliphatic carbocycles. The number of nitrogens with zero attached hydrogens (tertiary/aromatic N) is 2. The van der Waals surface area contributed by atoms with Crippen LogP contribution in [0.15, 0.2) is 12.4 Å². The standard InChI is InChI=1S/C10H16F2N2/c1-8(2)3-4-9-5-13-14(6-9)7-10(11)12/h5-6,8,10H,3-4,7H2,1-2H3. The van der Waals surface area contributed by atoms with Crippen LogP contribution >= 0.6 is 0 Å². The van der Waals surface area contributed by atoms with Crippen LogP contribution in [0, 0.1) is 5.92 Å². The van der Waals surface area contributed by atoms with Gasteiger partial charge in [-0.3, -0.25) is 4.68 Å². The van der Waals surface area contributed by atoms with Crippen molar-refractivity contribution < 1.29 is 8.78 Å². The summed E-state index contributed by atoms with van der Waals surface area (Å²) in [4.78, 5) is 0. The van der Waals surface area contributed by atoms with Crippen molar-refractivity contribution >= 4 is 0 Å². The van der Waals surface area contributed by atoms with Gasteiger partial charge >= 0.3 is 0 Å². The third kappa shape index (κ3) is 3.85. The largest absolute Gasteiger partial charge is 0.267 e. The third-order valence-corrected chi connectivity index (χ3v) is 2.02. The first kappa shape index (κ1) is 11.1. The number of rotatable bonds is 5. The number of aryl methyl sites for hydroxylation is 1. The molecular weight excluding hydrogens is 186 g/mol. The quantitative estimate of drug-likeness (QED) is 0.717. The van der Waals surface area contributed by atoms with Crippen molar-refractivity contribution in [3.8, 4) is 0 Å².